The standard InChI is InChI=1S/C23H27FN8O/c1-2-4-19-16-21(30-29-19)26-22-25-20(8-7-17-5-3-6-18(24)15-17)27-23(28-22)32-11-9-31(10-12-32)13-14-33/h2-8,15-16,33H,9-14H2,1H3,(H2,25,26,27,28,29,30)/b4-2+,8-7+. The van der Waals surface area contributed by atoms with E-state index in [0.29, 0.717) is 35.6 Å². The Labute approximate surface area is 191 Å². The zero-order valence-corrected chi connectivity index (χ0v) is 18.4. The molecule has 0 saturated carbocycles. The quantitative estimate of drug-likeness (QED) is 0.481. The lowest BCUT2D eigenvalue weighted by molar-refractivity contribution is 0.188. The molecule has 0 bridgehead atoms. The topological polar surface area (TPSA) is 106 Å². The van der Waals surface area contributed by atoms with Gasteiger partial charge < -0.3 is 15.3 Å². The van der Waals surface area contributed by atoms with Gasteiger partial charge in [-0.1, -0.05) is 24.3 Å². The number of allylic oxidation sites excluding steroid dienone is 1. The highest BCUT2D eigenvalue weighted by Gasteiger charge is 2.20. The van der Waals surface area contributed by atoms with Gasteiger partial charge in [0.2, 0.25) is 11.9 Å². The molecule has 1 aliphatic rings. The summed E-state index contributed by atoms with van der Waals surface area (Å²) in [6, 6.07) is 8.19. The number of hydrogen-bond acceptors (Lipinski definition) is 8. The van der Waals surface area contributed by atoms with Crippen LogP contribution < -0.4 is 10.2 Å². The van der Waals surface area contributed by atoms with Crippen molar-refractivity contribution in [2.75, 3.05) is 49.5 Å². The maximum Gasteiger partial charge on any atom is 0.233 e. The summed E-state index contributed by atoms with van der Waals surface area (Å²) in [5.41, 5.74) is 1.58. The number of nitrogens with zero attached hydrogens (tertiary/aromatic N) is 6. The molecule has 1 aliphatic heterocycles. The van der Waals surface area contributed by atoms with Gasteiger partial charge >= 0.3 is 0 Å². The van der Waals surface area contributed by atoms with Gasteiger partial charge in [0.15, 0.2) is 11.6 Å². The van der Waals surface area contributed by atoms with Crippen LogP contribution in [0.2, 0.25) is 0 Å². The highest BCUT2D eigenvalue weighted by atomic mass is 19.1. The van der Waals surface area contributed by atoms with Crippen molar-refractivity contribution in [3.8, 4) is 0 Å². The Morgan fingerprint density at radius 2 is 1.94 bits per heavy atom. The Kier molecular flexibility index (Phi) is 7.38. The maximum absolute atomic E-state index is 13.5. The number of H-pyrrole nitrogens is 1. The summed E-state index contributed by atoms with van der Waals surface area (Å²) < 4.78 is 13.5. The number of aliphatic hydroxyl groups is 1. The average molecular weight is 451 g/mol. The molecule has 2 aromatic heterocycles. The fourth-order valence-electron chi connectivity index (χ4n) is 3.53. The largest absolute Gasteiger partial charge is 0.395 e. The highest BCUT2D eigenvalue weighted by molar-refractivity contribution is 5.67. The van der Waals surface area contributed by atoms with Crippen molar-refractivity contribution in [3.63, 3.8) is 0 Å². The summed E-state index contributed by atoms with van der Waals surface area (Å²) in [5, 5.41) is 19.5. The van der Waals surface area contributed by atoms with Gasteiger partial charge in [-0.3, -0.25) is 10.00 Å². The molecular weight excluding hydrogens is 423 g/mol. The lowest BCUT2D eigenvalue weighted by Gasteiger charge is -2.34. The number of β-amino-alcohol motifs (C(OH)–C–C–N with tert-alkyl or cyclic N) is 1. The van der Waals surface area contributed by atoms with E-state index in [2.05, 4.69) is 40.3 Å². The number of aromatic amines is 1. The van der Waals surface area contributed by atoms with E-state index >= 15 is 0 Å². The molecule has 3 N–H and O–H groups in total. The third kappa shape index (κ3) is 6.21. The van der Waals surface area contributed by atoms with E-state index in [1.807, 2.05) is 31.2 Å². The summed E-state index contributed by atoms with van der Waals surface area (Å²) in [7, 11) is 0. The number of hydrogen-bond donors (Lipinski definition) is 3. The fourth-order valence-corrected chi connectivity index (χ4v) is 3.53. The molecule has 33 heavy (non-hydrogen) atoms. The first kappa shape index (κ1) is 22.6. The summed E-state index contributed by atoms with van der Waals surface area (Å²) >= 11 is 0. The lowest BCUT2D eigenvalue weighted by atomic mass is 10.2. The molecule has 0 radical (unpaired) electrons. The predicted molar refractivity (Wildman–Crippen MR) is 127 cm³/mol. The first-order chi connectivity index (χ1) is 16.1. The van der Waals surface area contributed by atoms with Gasteiger partial charge in [-0.15, -0.1) is 0 Å². The van der Waals surface area contributed by atoms with Crippen molar-refractivity contribution < 1.29 is 9.50 Å². The molecule has 1 aromatic carbocycles. The minimum Gasteiger partial charge on any atom is -0.395 e. The SMILES string of the molecule is C/C=C/c1cc(Nc2nc(/C=C/c3cccc(F)c3)nc(N3CCN(CCO)CC3)n2)n[nH]1. The molecule has 3 heterocycles. The molecule has 9 nitrogen and oxygen atoms in total. The first-order valence-corrected chi connectivity index (χ1v) is 10.9. The van der Waals surface area contributed by atoms with Crippen molar-refractivity contribution in [2.45, 2.75) is 6.92 Å². The second-order valence-electron chi connectivity index (χ2n) is 7.59. The summed E-state index contributed by atoms with van der Waals surface area (Å²) in [5.74, 6) is 1.67. The van der Waals surface area contributed by atoms with Gasteiger partial charge in [-0.2, -0.15) is 20.1 Å². The van der Waals surface area contributed by atoms with Crippen molar-refractivity contribution in [2.24, 2.45) is 0 Å². The molecule has 0 spiro atoms. The Morgan fingerprint density at radius 1 is 1.09 bits per heavy atom. The minimum atomic E-state index is -0.299. The number of aliphatic hydroxyl groups excluding tert-OH is 1. The van der Waals surface area contributed by atoms with E-state index in [1.165, 1.54) is 12.1 Å². The van der Waals surface area contributed by atoms with Crippen molar-refractivity contribution >= 4 is 35.9 Å². The van der Waals surface area contributed by atoms with Gasteiger partial charge in [0.05, 0.1) is 12.3 Å². The number of halogens is 1. The van der Waals surface area contributed by atoms with E-state index < -0.39 is 0 Å². The summed E-state index contributed by atoms with van der Waals surface area (Å²) in [6.45, 7) is 5.85. The van der Waals surface area contributed by atoms with Crippen LogP contribution in [0.3, 0.4) is 0 Å². The lowest BCUT2D eigenvalue weighted by Crippen LogP contribution is -2.47. The second-order valence-corrected chi connectivity index (χ2v) is 7.59. The van der Waals surface area contributed by atoms with E-state index in [1.54, 1.807) is 18.2 Å². The highest BCUT2D eigenvalue weighted by Crippen LogP contribution is 2.18. The van der Waals surface area contributed by atoms with E-state index in [9.17, 15) is 9.50 Å². The molecule has 4 rings (SSSR count). The van der Waals surface area contributed by atoms with Crippen LogP contribution in [-0.2, 0) is 0 Å². The molecule has 0 amide bonds. The van der Waals surface area contributed by atoms with Crippen LogP contribution in [0, 0.1) is 5.82 Å². The van der Waals surface area contributed by atoms with Gasteiger partial charge in [0.25, 0.3) is 0 Å². The molecular formula is C23H27FN8O. The van der Waals surface area contributed by atoms with Crippen LogP contribution in [0.1, 0.15) is 24.0 Å². The van der Waals surface area contributed by atoms with E-state index in [4.69, 9.17) is 0 Å². The van der Waals surface area contributed by atoms with Crippen LogP contribution in [0.15, 0.2) is 36.4 Å². The van der Waals surface area contributed by atoms with Crippen LogP contribution in [-0.4, -0.2) is 74.5 Å². The van der Waals surface area contributed by atoms with Crippen LogP contribution in [0.25, 0.3) is 18.2 Å². The van der Waals surface area contributed by atoms with Crippen molar-refractivity contribution in [1.82, 2.24) is 30.0 Å². The molecule has 3 aromatic rings. The van der Waals surface area contributed by atoms with E-state index in [-0.39, 0.29) is 12.4 Å². The van der Waals surface area contributed by atoms with Gasteiger partial charge in [0, 0.05) is 38.8 Å². The zero-order chi connectivity index (χ0) is 23.0. The molecule has 0 atom stereocenters. The van der Waals surface area contributed by atoms with Crippen molar-refractivity contribution in [3.05, 3.63) is 59.3 Å². The van der Waals surface area contributed by atoms with Crippen LogP contribution in [0.4, 0.5) is 22.1 Å². The van der Waals surface area contributed by atoms with Gasteiger partial charge in [-0.25, -0.2) is 4.39 Å². The van der Waals surface area contributed by atoms with Crippen LogP contribution in [0.5, 0.6) is 0 Å². The number of nitrogens with one attached hydrogen (secondary N) is 2. The average Bonchev–Trinajstić information content (AvgIpc) is 3.25. The second kappa shape index (κ2) is 10.8. The Bertz CT molecular complexity index is 1120. The number of anilines is 3. The smallest absolute Gasteiger partial charge is 0.233 e. The number of aromatic nitrogens is 5. The number of piperazine rings is 1. The van der Waals surface area contributed by atoms with Crippen LogP contribution >= 0.6 is 0 Å². The third-order valence-electron chi connectivity index (χ3n) is 5.17. The normalized spacial score (nSPS) is 15.1. The fraction of sp³-hybridized carbons (Fsp3) is 0.304. The van der Waals surface area contributed by atoms with E-state index in [0.717, 1.165) is 31.9 Å². The molecule has 1 saturated heterocycles. The number of rotatable bonds is 8. The monoisotopic (exact) mass is 450 g/mol. The molecule has 10 heteroatoms. The predicted octanol–water partition coefficient (Wildman–Crippen LogP) is 2.80. The maximum atomic E-state index is 13.5. The Hall–Kier alpha value is -3.63. The Morgan fingerprint density at radius 3 is 2.70 bits per heavy atom. The van der Waals surface area contributed by atoms with Crippen molar-refractivity contribution in [1.29, 1.82) is 0 Å². The molecule has 0 unspecified atom stereocenters. The molecule has 172 valence electrons. The molecule has 0 aliphatic carbocycles. The minimum absolute atomic E-state index is 0.147. The summed E-state index contributed by atoms with van der Waals surface area (Å²) in [4.78, 5) is 18.0. The molecule has 1 fully saturated rings. The van der Waals surface area contributed by atoms with Gasteiger partial charge in [0.1, 0.15) is 5.82 Å². The third-order valence-corrected chi connectivity index (χ3v) is 5.17. The summed E-state index contributed by atoms with van der Waals surface area (Å²) in [6.07, 6.45) is 7.34. The Balaban J connectivity index is 1.59. The zero-order valence-electron chi connectivity index (χ0n) is 18.4. The van der Waals surface area contributed by atoms with Gasteiger partial charge in [-0.05, 0) is 36.8 Å². The number of benzene rings is 1. The first-order valence-electron chi connectivity index (χ1n) is 10.9.